The Labute approximate surface area is 182 Å². The number of hydrogen-bond donors (Lipinski definition) is 1. The molecule has 0 saturated carbocycles. The number of rotatable bonds is 5. The number of nitrogens with two attached hydrogens (primary N) is 1. The number of benzene rings is 2. The van der Waals surface area contributed by atoms with Crippen LogP contribution in [0, 0.1) is 11.6 Å². The Hall–Kier alpha value is -4.35. The highest BCUT2D eigenvalue weighted by atomic mass is 19.3. The van der Waals surface area contributed by atoms with Crippen molar-refractivity contribution in [2.24, 2.45) is 0 Å². The van der Waals surface area contributed by atoms with E-state index in [1.807, 2.05) is 18.2 Å². The molecule has 12 heteroatoms. The number of anilines is 1. The van der Waals surface area contributed by atoms with Crippen LogP contribution in [0.15, 0.2) is 53.2 Å². The molecular weight excluding hydrogens is 442 g/mol. The van der Waals surface area contributed by atoms with Crippen molar-refractivity contribution in [1.82, 2.24) is 30.2 Å². The Balaban J connectivity index is 1.41. The van der Waals surface area contributed by atoms with E-state index >= 15 is 0 Å². The second-order valence-corrected chi connectivity index (χ2v) is 7.14. The Morgan fingerprint density at radius 2 is 1.73 bits per heavy atom. The molecule has 5 rings (SSSR count). The Kier molecular flexibility index (Phi) is 4.96. The van der Waals surface area contributed by atoms with Crippen LogP contribution in [0.2, 0.25) is 0 Å². The highest BCUT2D eigenvalue weighted by molar-refractivity contribution is 5.87. The summed E-state index contributed by atoms with van der Waals surface area (Å²) in [5.74, 6) is -2.81. The lowest BCUT2D eigenvalue weighted by Gasteiger charge is -2.06. The molecule has 0 aliphatic heterocycles. The van der Waals surface area contributed by atoms with E-state index in [0.29, 0.717) is 11.5 Å². The summed E-state index contributed by atoms with van der Waals surface area (Å²) in [4.78, 5) is 4.04. The monoisotopic (exact) mass is 455 g/mol. The highest BCUT2D eigenvalue weighted by Crippen LogP contribution is 2.27. The van der Waals surface area contributed by atoms with E-state index in [0.717, 1.165) is 28.5 Å². The van der Waals surface area contributed by atoms with Crippen LogP contribution in [-0.4, -0.2) is 30.2 Å². The first-order valence-electron chi connectivity index (χ1n) is 9.53. The molecule has 5 aromatic rings. The molecule has 0 atom stereocenters. The van der Waals surface area contributed by atoms with Crippen molar-refractivity contribution in [3.63, 3.8) is 0 Å². The molecule has 166 valence electrons. The minimum Gasteiger partial charge on any atom is -0.415 e. The van der Waals surface area contributed by atoms with Gasteiger partial charge in [0.25, 0.3) is 5.89 Å². The molecule has 33 heavy (non-hydrogen) atoms. The molecule has 0 aliphatic carbocycles. The lowest BCUT2D eigenvalue weighted by molar-refractivity contribution is 0.116. The first-order chi connectivity index (χ1) is 15.9. The summed E-state index contributed by atoms with van der Waals surface area (Å²) in [6, 6.07) is 9.12. The largest absolute Gasteiger partial charge is 0.415 e. The quantitative estimate of drug-likeness (QED) is 0.392. The normalized spacial score (nSPS) is 11.5. The number of nitrogens with zero attached hydrogens (tertiary/aromatic N) is 6. The third-order valence-electron chi connectivity index (χ3n) is 4.91. The van der Waals surface area contributed by atoms with Gasteiger partial charge in [-0.2, -0.15) is 8.78 Å². The third kappa shape index (κ3) is 3.97. The molecule has 3 heterocycles. The van der Waals surface area contributed by atoms with E-state index in [9.17, 15) is 17.6 Å². The predicted octanol–water partition coefficient (Wildman–Crippen LogP) is 4.39. The standard InChI is InChI=1S/C21H13F4N7O/c22-15-4-13(20-29-30-21(33-20)19(24)25)5-16(23)14(15)8-32-9-17(28-31-32)10-1-2-11-7-27-18(26)6-12(11)3-10/h1-7,9,19H,8H2,(H2,26,27). The molecule has 3 aromatic heterocycles. The van der Waals surface area contributed by atoms with Gasteiger partial charge in [-0.1, -0.05) is 17.3 Å². The summed E-state index contributed by atoms with van der Waals surface area (Å²) in [6.07, 6.45) is 0.215. The van der Waals surface area contributed by atoms with E-state index in [2.05, 4.69) is 25.5 Å². The number of pyridine rings is 1. The van der Waals surface area contributed by atoms with Gasteiger partial charge in [0.15, 0.2) is 0 Å². The maximum Gasteiger partial charge on any atom is 0.314 e. The maximum absolute atomic E-state index is 14.6. The molecule has 2 aromatic carbocycles. The van der Waals surface area contributed by atoms with Crippen LogP contribution in [0.25, 0.3) is 33.5 Å². The number of nitrogen functional groups attached to an aromatic ring is 1. The maximum atomic E-state index is 14.6. The van der Waals surface area contributed by atoms with E-state index in [4.69, 9.17) is 10.2 Å². The number of halogens is 4. The van der Waals surface area contributed by atoms with Crippen LogP contribution in [0.3, 0.4) is 0 Å². The minimum absolute atomic E-state index is 0.155. The molecule has 2 N–H and O–H groups in total. The fourth-order valence-electron chi connectivity index (χ4n) is 3.30. The fourth-order valence-corrected chi connectivity index (χ4v) is 3.30. The van der Waals surface area contributed by atoms with Crippen molar-refractivity contribution in [1.29, 1.82) is 0 Å². The zero-order chi connectivity index (χ0) is 23.1. The summed E-state index contributed by atoms with van der Waals surface area (Å²) in [5.41, 5.74) is 6.52. The van der Waals surface area contributed by atoms with Crippen molar-refractivity contribution in [3.05, 3.63) is 71.9 Å². The molecular formula is C21H13F4N7O. The first kappa shape index (κ1) is 20.5. The predicted molar refractivity (Wildman–Crippen MR) is 109 cm³/mol. The van der Waals surface area contributed by atoms with Crippen LogP contribution >= 0.6 is 0 Å². The van der Waals surface area contributed by atoms with Gasteiger partial charge in [0.05, 0.1) is 12.7 Å². The summed E-state index contributed by atoms with van der Waals surface area (Å²) in [6.45, 7) is -0.248. The Bertz CT molecular complexity index is 1460. The van der Waals surface area contributed by atoms with Crippen LogP contribution in [-0.2, 0) is 6.54 Å². The highest BCUT2D eigenvalue weighted by Gasteiger charge is 2.20. The van der Waals surface area contributed by atoms with Gasteiger partial charge in [-0.3, -0.25) is 0 Å². The van der Waals surface area contributed by atoms with Crippen LogP contribution < -0.4 is 5.73 Å². The summed E-state index contributed by atoms with van der Waals surface area (Å²) in [7, 11) is 0. The molecule has 8 nitrogen and oxygen atoms in total. The molecule has 0 unspecified atom stereocenters. The SMILES string of the molecule is Nc1cc2cc(-c3cn(Cc4c(F)cc(-c5nnc(C(F)F)o5)cc4F)nn3)ccc2cn1. The minimum atomic E-state index is -2.99. The zero-order valence-electron chi connectivity index (χ0n) is 16.6. The van der Waals surface area contributed by atoms with Gasteiger partial charge >= 0.3 is 6.43 Å². The van der Waals surface area contributed by atoms with Gasteiger partial charge in [-0.15, -0.1) is 15.3 Å². The summed E-state index contributed by atoms with van der Waals surface area (Å²) in [5, 5.41) is 16.3. The number of aromatic nitrogens is 6. The van der Waals surface area contributed by atoms with Gasteiger partial charge in [0.2, 0.25) is 5.89 Å². The second-order valence-electron chi connectivity index (χ2n) is 7.14. The average molecular weight is 455 g/mol. The van der Waals surface area contributed by atoms with E-state index in [-0.39, 0.29) is 17.7 Å². The topological polar surface area (TPSA) is 109 Å². The summed E-state index contributed by atoms with van der Waals surface area (Å²) < 4.78 is 60.5. The van der Waals surface area contributed by atoms with E-state index in [1.54, 1.807) is 18.5 Å². The molecule has 0 spiro atoms. The third-order valence-corrected chi connectivity index (χ3v) is 4.91. The number of alkyl halides is 2. The molecule has 0 bridgehead atoms. The molecule has 0 aliphatic rings. The average Bonchev–Trinajstić information content (AvgIpc) is 3.46. The van der Waals surface area contributed by atoms with Crippen LogP contribution in [0.5, 0.6) is 0 Å². The van der Waals surface area contributed by atoms with E-state index in [1.165, 1.54) is 4.68 Å². The van der Waals surface area contributed by atoms with Crippen molar-refractivity contribution in [2.75, 3.05) is 5.73 Å². The zero-order valence-corrected chi connectivity index (χ0v) is 16.6. The fraction of sp³-hybridized carbons (Fsp3) is 0.0952. The van der Waals surface area contributed by atoms with Gasteiger partial charge < -0.3 is 10.2 Å². The molecule has 0 radical (unpaired) electrons. The van der Waals surface area contributed by atoms with Gasteiger partial charge in [-0.25, -0.2) is 18.4 Å². The summed E-state index contributed by atoms with van der Waals surface area (Å²) >= 11 is 0. The lowest BCUT2D eigenvalue weighted by atomic mass is 10.1. The van der Waals surface area contributed by atoms with Gasteiger partial charge in [0.1, 0.15) is 23.1 Å². The Morgan fingerprint density at radius 1 is 0.939 bits per heavy atom. The van der Waals surface area contributed by atoms with Crippen molar-refractivity contribution in [2.45, 2.75) is 13.0 Å². The van der Waals surface area contributed by atoms with Crippen molar-refractivity contribution in [3.8, 4) is 22.7 Å². The molecule has 0 fully saturated rings. The van der Waals surface area contributed by atoms with Gasteiger partial charge in [0, 0.05) is 28.3 Å². The number of hydrogen-bond acceptors (Lipinski definition) is 7. The first-order valence-corrected chi connectivity index (χ1v) is 9.53. The van der Waals surface area contributed by atoms with Gasteiger partial charge in [-0.05, 0) is 29.7 Å². The lowest BCUT2D eigenvalue weighted by Crippen LogP contribution is -2.06. The van der Waals surface area contributed by atoms with Crippen LogP contribution in [0.4, 0.5) is 23.4 Å². The molecule has 0 saturated heterocycles. The van der Waals surface area contributed by atoms with E-state index < -0.39 is 29.8 Å². The molecule has 0 amide bonds. The van der Waals surface area contributed by atoms with Crippen LogP contribution in [0.1, 0.15) is 17.9 Å². The smallest absolute Gasteiger partial charge is 0.314 e. The van der Waals surface area contributed by atoms with Crippen molar-refractivity contribution >= 4 is 16.6 Å². The Morgan fingerprint density at radius 3 is 2.45 bits per heavy atom. The second kappa shape index (κ2) is 7.97. The number of fused-ring (bicyclic) bond motifs is 1. The van der Waals surface area contributed by atoms with Crippen molar-refractivity contribution < 1.29 is 22.0 Å².